The highest BCUT2D eigenvalue weighted by atomic mass is 19.4. The Morgan fingerprint density at radius 3 is 2.36 bits per heavy atom. The molecule has 1 aliphatic rings. The fraction of sp³-hybridized carbons (Fsp3) is 0.846. The zero-order valence-corrected chi connectivity index (χ0v) is 12.6. The normalized spacial score (nSPS) is 27.1. The van der Waals surface area contributed by atoms with Gasteiger partial charge in [-0.1, -0.05) is 13.8 Å². The van der Waals surface area contributed by atoms with Crippen molar-refractivity contribution in [2.45, 2.75) is 45.0 Å². The van der Waals surface area contributed by atoms with Crippen molar-refractivity contribution in [2.24, 2.45) is 5.41 Å². The molecule has 1 saturated carbocycles. The molecule has 0 aromatic rings. The minimum Gasteiger partial charge on any atom is -0.479 e. The molecule has 2 unspecified atom stereocenters. The Labute approximate surface area is 126 Å². The second-order valence-corrected chi connectivity index (χ2v) is 5.74. The van der Waals surface area contributed by atoms with Gasteiger partial charge in [0.2, 0.25) is 5.91 Å². The van der Waals surface area contributed by atoms with Gasteiger partial charge >= 0.3 is 12.1 Å². The summed E-state index contributed by atoms with van der Waals surface area (Å²) in [7, 11) is 0. The highest BCUT2D eigenvalue weighted by molar-refractivity contribution is 5.89. The molecule has 9 heteroatoms. The van der Waals surface area contributed by atoms with Crippen LogP contribution in [0.3, 0.4) is 0 Å². The molecule has 2 atom stereocenters. The fourth-order valence-corrected chi connectivity index (χ4v) is 2.57. The average molecular weight is 327 g/mol. The molecule has 0 radical (unpaired) electrons. The van der Waals surface area contributed by atoms with Gasteiger partial charge in [-0.05, 0) is 6.92 Å². The number of carboxylic acids is 1. The maximum absolute atomic E-state index is 11.9. The first-order valence-corrected chi connectivity index (χ1v) is 6.77. The summed E-state index contributed by atoms with van der Waals surface area (Å²) >= 11 is 0. The van der Waals surface area contributed by atoms with Crippen molar-refractivity contribution in [1.82, 2.24) is 5.32 Å². The Kier molecular flexibility index (Phi) is 5.45. The number of alkyl halides is 3. The minimum atomic E-state index is -4.54. The molecular formula is C13H20F3NO5. The summed E-state index contributed by atoms with van der Waals surface area (Å²) in [5, 5.41) is 11.7. The summed E-state index contributed by atoms with van der Waals surface area (Å²) in [4.78, 5) is 23.2. The van der Waals surface area contributed by atoms with Gasteiger partial charge in [0.05, 0.1) is 6.10 Å². The van der Waals surface area contributed by atoms with Crippen LogP contribution in [-0.2, 0) is 19.1 Å². The molecule has 0 spiro atoms. The van der Waals surface area contributed by atoms with Crippen LogP contribution in [-0.4, -0.2) is 54.6 Å². The summed E-state index contributed by atoms with van der Waals surface area (Å²) in [5.41, 5.74) is -2.47. The number of carbonyl (C=O) groups is 2. The van der Waals surface area contributed by atoms with E-state index in [1.165, 1.54) is 0 Å². The molecule has 2 N–H and O–H groups in total. The first-order valence-electron chi connectivity index (χ1n) is 6.77. The largest absolute Gasteiger partial charge is 0.479 e. The third-order valence-corrected chi connectivity index (χ3v) is 3.98. The Morgan fingerprint density at radius 1 is 1.36 bits per heavy atom. The van der Waals surface area contributed by atoms with Gasteiger partial charge in [0.25, 0.3) is 0 Å². The van der Waals surface area contributed by atoms with Gasteiger partial charge in [-0.15, -0.1) is 0 Å². The van der Waals surface area contributed by atoms with Crippen LogP contribution >= 0.6 is 0 Å². The molecule has 0 saturated heterocycles. The Balaban J connectivity index is 2.67. The van der Waals surface area contributed by atoms with Crippen LogP contribution in [0.4, 0.5) is 13.2 Å². The van der Waals surface area contributed by atoms with E-state index >= 15 is 0 Å². The number of carbonyl (C=O) groups excluding carboxylic acids is 1. The molecule has 1 aliphatic carbocycles. The lowest BCUT2D eigenvalue weighted by atomic mass is 9.54. The zero-order chi connectivity index (χ0) is 17.2. The van der Waals surface area contributed by atoms with Crippen LogP contribution in [0.2, 0.25) is 0 Å². The van der Waals surface area contributed by atoms with Crippen molar-refractivity contribution in [2.75, 3.05) is 19.8 Å². The SMILES string of the molecule is CCOC1CC(NC(=O)COCC(F)(F)F)(C(=O)O)C1(C)C. The molecule has 0 heterocycles. The van der Waals surface area contributed by atoms with Crippen LogP contribution < -0.4 is 5.32 Å². The fourth-order valence-electron chi connectivity index (χ4n) is 2.57. The van der Waals surface area contributed by atoms with Crippen LogP contribution in [0.15, 0.2) is 0 Å². The monoisotopic (exact) mass is 327 g/mol. The minimum absolute atomic E-state index is 0.0498. The molecule has 1 rings (SSSR count). The predicted molar refractivity (Wildman–Crippen MR) is 69.2 cm³/mol. The highest BCUT2D eigenvalue weighted by Crippen LogP contribution is 2.51. The summed E-state index contributed by atoms with van der Waals surface area (Å²) < 4.78 is 45.5. The number of rotatable bonds is 7. The molecule has 0 aromatic heterocycles. The van der Waals surface area contributed by atoms with E-state index in [1.54, 1.807) is 20.8 Å². The predicted octanol–water partition coefficient (Wildman–Crippen LogP) is 1.34. The van der Waals surface area contributed by atoms with E-state index in [0.717, 1.165) is 0 Å². The lowest BCUT2D eigenvalue weighted by Crippen LogP contribution is -2.76. The molecule has 1 amide bonds. The van der Waals surface area contributed by atoms with Crippen molar-refractivity contribution in [3.8, 4) is 0 Å². The summed E-state index contributed by atoms with van der Waals surface area (Å²) in [6.07, 6.45) is -4.85. The number of amides is 1. The second kappa shape index (κ2) is 6.41. The van der Waals surface area contributed by atoms with Crippen LogP contribution in [0.25, 0.3) is 0 Å². The Hall–Kier alpha value is -1.35. The Bertz CT molecular complexity index is 438. The first kappa shape index (κ1) is 18.7. The molecule has 22 heavy (non-hydrogen) atoms. The van der Waals surface area contributed by atoms with Gasteiger partial charge in [0.15, 0.2) is 0 Å². The molecule has 1 fully saturated rings. The lowest BCUT2D eigenvalue weighted by Gasteiger charge is -2.58. The molecular weight excluding hydrogens is 307 g/mol. The standard InChI is InChI=1S/C13H20F3NO5/c1-4-22-8-5-12(10(19)20,11(8,2)3)17-9(18)6-21-7-13(14,15)16/h8H,4-7H2,1-3H3,(H,17,18)(H,19,20). The third-order valence-electron chi connectivity index (χ3n) is 3.98. The van der Waals surface area contributed by atoms with E-state index in [0.29, 0.717) is 6.61 Å². The number of nitrogens with one attached hydrogen (secondary N) is 1. The summed E-state index contributed by atoms with van der Waals surface area (Å²) in [5.74, 6) is -2.16. The third kappa shape index (κ3) is 3.70. The maximum atomic E-state index is 11.9. The van der Waals surface area contributed by atoms with Gasteiger partial charge < -0.3 is 19.9 Å². The van der Waals surface area contributed by atoms with Gasteiger partial charge in [-0.2, -0.15) is 13.2 Å². The zero-order valence-electron chi connectivity index (χ0n) is 12.6. The quantitative estimate of drug-likeness (QED) is 0.737. The first-order chi connectivity index (χ1) is 9.96. The van der Waals surface area contributed by atoms with Gasteiger partial charge in [-0.25, -0.2) is 4.79 Å². The number of halogens is 3. The lowest BCUT2D eigenvalue weighted by molar-refractivity contribution is -0.197. The molecule has 6 nitrogen and oxygen atoms in total. The van der Waals surface area contributed by atoms with Crippen molar-refractivity contribution in [1.29, 1.82) is 0 Å². The smallest absolute Gasteiger partial charge is 0.411 e. The molecule has 0 aromatic carbocycles. The van der Waals surface area contributed by atoms with Crippen LogP contribution in [0.1, 0.15) is 27.2 Å². The second-order valence-electron chi connectivity index (χ2n) is 5.74. The van der Waals surface area contributed by atoms with Gasteiger partial charge in [-0.3, -0.25) is 4.79 Å². The van der Waals surface area contributed by atoms with E-state index in [1.807, 2.05) is 0 Å². The maximum Gasteiger partial charge on any atom is 0.411 e. The Morgan fingerprint density at radius 2 is 1.95 bits per heavy atom. The van der Waals surface area contributed by atoms with Crippen molar-refractivity contribution < 1.29 is 37.3 Å². The van der Waals surface area contributed by atoms with E-state index in [9.17, 15) is 27.9 Å². The average Bonchev–Trinajstić information content (AvgIpc) is 2.35. The van der Waals surface area contributed by atoms with E-state index in [-0.39, 0.29) is 12.5 Å². The number of aliphatic carboxylic acids is 1. The van der Waals surface area contributed by atoms with Crippen LogP contribution in [0, 0.1) is 5.41 Å². The van der Waals surface area contributed by atoms with E-state index < -0.39 is 42.2 Å². The van der Waals surface area contributed by atoms with Crippen LogP contribution in [0.5, 0.6) is 0 Å². The van der Waals surface area contributed by atoms with Crippen molar-refractivity contribution in [3.05, 3.63) is 0 Å². The van der Waals surface area contributed by atoms with Crippen molar-refractivity contribution >= 4 is 11.9 Å². The number of carboxylic acid groups (broad SMARTS) is 1. The topological polar surface area (TPSA) is 84.9 Å². The molecule has 0 bridgehead atoms. The molecule has 0 aliphatic heterocycles. The highest BCUT2D eigenvalue weighted by Gasteiger charge is 2.66. The number of hydrogen-bond donors (Lipinski definition) is 2. The van der Waals surface area contributed by atoms with E-state index in [4.69, 9.17) is 4.74 Å². The molecule has 128 valence electrons. The van der Waals surface area contributed by atoms with Gasteiger partial charge in [0.1, 0.15) is 18.8 Å². The van der Waals surface area contributed by atoms with Crippen molar-refractivity contribution in [3.63, 3.8) is 0 Å². The van der Waals surface area contributed by atoms with E-state index in [2.05, 4.69) is 10.1 Å². The number of hydrogen-bond acceptors (Lipinski definition) is 4. The summed E-state index contributed by atoms with van der Waals surface area (Å²) in [6.45, 7) is 2.99. The van der Waals surface area contributed by atoms with Gasteiger partial charge in [0, 0.05) is 18.4 Å². The summed E-state index contributed by atoms with van der Waals surface area (Å²) in [6, 6.07) is 0. The number of ether oxygens (including phenoxy) is 2.